The van der Waals surface area contributed by atoms with Gasteiger partial charge in [-0.2, -0.15) is 0 Å². The van der Waals surface area contributed by atoms with Crippen LogP contribution < -0.4 is 0 Å². The average molecular weight is 655 g/mol. The van der Waals surface area contributed by atoms with Gasteiger partial charge in [0.25, 0.3) is 0 Å². The van der Waals surface area contributed by atoms with E-state index in [2.05, 4.69) is 0 Å². The number of esters is 1. The molecule has 0 unspecified atom stereocenters. The summed E-state index contributed by atoms with van der Waals surface area (Å²) in [5, 5.41) is 94.8. The Hall–Kier alpha value is -2.19. The van der Waals surface area contributed by atoms with Crippen LogP contribution in [-0.2, 0) is 9.53 Å². The third-order valence-electron chi connectivity index (χ3n) is 8.03. The van der Waals surface area contributed by atoms with Gasteiger partial charge in [-0.25, -0.2) is 0 Å². The summed E-state index contributed by atoms with van der Waals surface area (Å²) in [6, 6.07) is 0. The SMILES string of the molecule is CCCCC[C@H](O)[C@H]1C(=O)O[C@H](C)[C@@H](O)C=CC=CC=CC=CC=C(C)[C@@H](O)C[C@H](O)C[C@H](O)C[C@H](O)C[C@H](O)C[C@H](O)C[C@@H]1O. The smallest absolute Gasteiger partial charge is 0.314 e. The van der Waals surface area contributed by atoms with Gasteiger partial charge in [-0.3, -0.25) is 4.79 Å². The number of carbonyl (C=O) groups excluding carboxylic acids is 1. The van der Waals surface area contributed by atoms with Crippen molar-refractivity contribution in [3.8, 4) is 0 Å². The molecule has 9 N–H and O–H groups in total. The van der Waals surface area contributed by atoms with Gasteiger partial charge in [-0.15, -0.1) is 0 Å². The first-order chi connectivity index (χ1) is 21.7. The number of carbonyl (C=O) groups is 1. The van der Waals surface area contributed by atoms with Gasteiger partial charge in [0.15, 0.2) is 0 Å². The van der Waals surface area contributed by atoms with Crippen LogP contribution >= 0.6 is 0 Å². The van der Waals surface area contributed by atoms with E-state index < -0.39 is 72.9 Å². The number of aliphatic hydroxyl groups excluding tert-OH is 9. The monoisotopic (exact) mass is 654 g/mol. The molecule has 0 fully saturated rings. The minimum absolute atomic E-state index is 0.0162. The predicted octanol–water partition coefficient (Wildman–Crippen LogP) is 1.89. The van der Waals surface area contributed by atoms with Gasteiger partial charge in [0.05, 0.1) is 48.8 Å². The first-order valence-corrected chi connectivity index (χ1v) is 16.4. The van der Waals surface area contributed by atoms with Crippen LogP contribution in [-0.4, -0.2) is 113 Å². The molecule has 0 spiro atoms. The van der Waals surface area contributed by atoms with Gasteiger partial charge in [0.2, 0.25) is 0 Å². The zero-order chi connectivity index (χ0) is 34.6. The van der Waals surface area contributed by atoms with E-state index in [0.717, 1.165) is 12.8 Å². The zero-order valence-electron chi connectivity index (χ0n) is 27.5. The van der Waals surface area contributed by atoms with Gasteiger partial charge in [0.1, 0.15) is 18.1 Å². The van der Waals surface area contributed by atoms with Crippen LogP contribution in [0.1, 0.15) is 85.0 Å². The van der Waals surface area contributed by atoms with Crippen molar-refractivity contribution in [1.29, 1.82) is 0 Å². The van der Waals surface area contributed by atoms with Crippen molar-refractivity contribution < 1.29 is 55.5 Å². The van der Waals surface area contributed by atoms with E-state index in [4.69, 9.17) is 4.74 Å². The van der Waals surface area contributed by atoms with Crippen LogP contribution in [0.2, 0.25) is 0 Å². The molecule has 11 atom stereocenters. The predicted molar refractivity (Wildman–Crippen MR) is 175 cm³/mol. The third kappa shape index (κ3) is 17.7. The maximum Gasteiger partial charge on any atom is 0.314 e. The van der Waals surface area contributed by atoms with Gasteiger partial charge in [-0.1, -0.05) is 80.9 Å². The summed E-state index contributed by atoms with van der Waals surface area (Å²) >= 11 is 0. The minimum atomic E-state index is -1.52. The van der Waals surface area contributed by atoms with Gasteiger partial charge in [-0.05, 0) is 51.5 Å². The lowest BCUT2D eigenvalue weighted by Crippen LogP contribution is -2.43. The van der Waals surface area contributed by atoms with E-state index in [-0.39, 0.29) is 44.9 Å². The van der Waals surface area contributed by atoms with Crippen LogP contribution in [0.3, 0.4) is 0 Å². The van der Waals surface area contributed by atoms with Gasteiger partial charge >= 0.3 is 5.97 Å². The highest BCUT2D eigenvalue weighted by atomic mass is 16.6. The molecule has 0 aliphatic carbocycles. The highest BCUT2D eigenvalue weighted by Gasteiger charge is 2.37. The Kier molecular flexibility index (Phi) is 21.1. The molecule has 0 amide bonds. The van der Waals surface area contributed by atoms with Crippen LogP contribution in [0.25, 0.3) is 0 Å². The second-order valence-electron chi connectivity index (χ2n) is 12.4. The fourth-order valence-electron chi connectivity index (χ4n) is 5.27. The number of hydrogen-bond acceptors (Lipinski definition) is 11. The molecule has 1 aliphatic heterocycles. The summed E-state index contributed by atoms with van der Waals surface area (Å²) in [5.74, 6) is -2.33. The van der Waals surface area contributed by atoms with Crippen LogP contribution in [0, 0.1) is 5.92 Å². The first kappa shape index (κ1) is 41.8. The summed E-state index contributed by atoms with van der Waals surface area (Å²) in [6.45, 7) is 5.18. The van der Waals surface area contributed by atoms with Crippen molar-refractivity contribution in [2.75, 3.05) is 0 Å². The number of ether oxygens (including phenoxy) is 1. The second kappa shape index (κ2) is 23.2. The number of allylic oxidation sites excluding steroid dienone is 8. The Bertz CT molecular complexity index is 991. The second-order valence-corrected chi connectivity index (χ2v) is 12.4. The van der Waals surface area contributed by atoms with Crippen molar-refractivity contribution in [2.45, 2.75) is 146 Å². The summed E-state index contributed by atoms with van der Waals surface area (Å²) in [5.41, 5.74) is 0.609. The molecule has 0 bridgehead atoms. The zero-order valence-corrected chi connectivity index (χ0v) is 27.5. The maximum atomic E-state index is 13.1. The van der Waals surface area contributed by atoms with E-state index in [1.807, 2.05) is 6.92 Å². The number of rotatable bonds is 5. The van der Waals surface area contributed by atoms with E-state index in [1.165, 1.54) is 13.0 Å². The highest BCUT2D eigenvalue weighted by molar-refractivity contribution is 5.74. The standard InChI is InChI=1S/C35H58O11/c1-4-5-11-16-31(42)34-33(44)22-29(40)20-27(38)18-25(36)17-26(37)19-28(39)21-32(43)23(2)14-12-9-7-6-8-10-13-15-30(41)24(3)46-35(34)45/h6-10,12-15,24-34,36-44H,4-5,11,16-22H2,1-3H3/t24-,25+,26-,27+,28-,29+,30+,31+,32+,33+,34-/m1/s1. The first-order valence-electron chi connectivity index (χ1n) is 16.4. The minimum Gasteiger partial charge on any atom is -0.459 e. The largest absolute Gasteiger partial charge is 0.459 e. The Balaban J connectivity index is 3.14. The molecule has 0 aromatic rings. The molecule has 1 rings (SSSR count). The Morgan fingerprint density at radius 1 is 0.717 bits per heavy atom. The van der Waals surface area contributed by atoms with Crippen LogP contribution in [0.15, 0.2) is 60.3 Å². The van der Waals surface area contributed by atoms with Crippen LogP contribution in [0.4, 0.5) is 0 Å². The van der Waals surface area contributed by atoms with Crippen molar-refractivity contribution in [3.05, 3.63) is 60.3 Å². The quantitative estimate of drug-likeness (QED) is 0.154. The van der Waals surface area contributed by atoms with Crippen molar-refractivity contribution in [3.63, 3.8) is 0 Å². The van der Waals surface area contributed by atoms with E-state index >= 15 is 0 Å². The summed E-state index contributed by atoms with van der Waals surface area (Å²) < 4.78 is 5.42. The molecule has 11 nitrogen and oxygen atoms in total. The molecule has 264 valence electrons. The molecule has 0 saturated heterocycles. The lowest BCUT2D eigenvalue weighted by molar-refractivity contribution is -0.168. The van der Waals surface area contributed by atoms with E-state index in [9.17, 15) is 50.8 Å². The molecule has 1 heterocycles. The van der Waals surface area contributed by atoms with Crippen molar-refractivity contribution >= 4 is 5.97 Å². The molecule has 0 aromatic carbocycles. The molecule has 0 aromatic heterocycles. The van der Waals surface area contributed by atoms with E-state index in [0.29, 0.717) is 12.0 Å². The fraction of sp³-hybridized carbons (Fsp3) is 0.686. The molecular weight excluding hydrogens is 596 g/mol. The van der Waals surface area contributed by atoms with Crippen molar-refractivity contribution in [1.82, 2.24) is 0 Å². The lowest BCUT2D eigenvalue weighted by Gasteiger charge is -2.29. The van der Waals surface area contributed by atoms with Crippen molar-refractivity contribution in [2.24, 2.45) is 5.92 Å². The molecule has 46 heavy (non-hydrogen) atoms. The Labute approximate surface area is 273 Å². The number of cyclic esters (lactones) is 1. The Morgan fingerprint density at radius 3 is 1.74 bits per heavy atom. The molecule has 0 saturated carbocycles. The molecule has 1 aliphatic rings. The number of unbranched alkanes of at least 4 members (excludes halogenated alkanes) is 2. The summed E-state index contributed by atoms with van der Waals surface area (Å²) in [6.07, 6.45) is 4.69. The summed E-state index contributed by atoms with van der Waals surface area (Å²) in [7, 11) is 0. The molecular formula is C35H58O11. The topological polar surface area (TPSA) is 208 Å². The summed E-state index contributed by atoms with van der Waals surface area (Å²) in [4.78, 5) is 13.1. The average Bonchev–Trinajstić information content (AvgIpc) is 2.94. The number of hydrogen-bond donors (Lipinski definition) is 9. The normalized spacial score (nSPS) is 34.7. The van der Waals surface area contributed by atoms with Crippen LogP contribution in [0.5, 0.6) is 0 Å². The maximum absolute atomic E-state index is 13.1. The Morgan fingerprint density at radius 2 is 1.20 bits per heavy atom. The molecule has 11 heteroatoms. The highest BCUT2D eigenvalue weighted by Crippen LogP contribution is 2.24. The third-order valence-corrected chi connectivity index (χ3v) is 8.03. The fourth-order valence-corrected chi connectivity index (χ4v) is 5.27. The lowest BCUT2D eigenvalue weighted by atomic mass is 9.87. The van der Waals surface area contributed by atoms with Gasteiger partial charge < -0.3 is 50.7 Å². The molecule has 0 radical (unpaired) electrons. The number of aliphatic hydroxyl groups is 9. The van der Waals surface area contributed by atoms with E-state index in [1.54, 1.807) is 55.5 Å². The van der Waals surface area contributed by atoms with Gasteiger partial charge in [0, 0.05) is 12.8 Å².